The maximum atomic E-state index is 14.5. The molecule has 2 aromatic rings. The first kappa shape index (κ1) is 22.5. The molecule has 1 fully saturated rings. The fourth-order valence-electron chi connectivity index (χ4n) is 3.41. The molecule has 0 unspecified atom stereocenters. The van der Waals surface area contributed by atoms with E-state index in [1.807, 2.05) is 0 Å². The minimum Gasteiger partial charge on any atom is -0.381 e. The van der Waals surface area contributed by atoms with Crippen LogP contribution in [0.2, 0.25) is 0 Å². The third-order valence-corrected chi connectivity index (χ3v) is 8.32. The molecule has 2 aromatic carbocycles. The second-order valence-corrected chi connectivity index (χ2v) is 11.3. The highest BCUT2D eigenvalue weighted by Gasteiger charge is 2.23. The number of sulfonamides is 2. The Bertz CT molecular complexity index is 1100. The highest BCUT2D eigenvalue weighted by Crippen LogP contribution is 2.31. The van der Waals surface area contributed by atoms with E-state index in [0.29, 0.717) is 5.69 Å². The maximum Gasteiger partial charge on any atom is 0.262 e. The molecule has 0 heterocycles. The van der Waals surface area contributed by atoms with Gasteiger partial charge in [0.05, 0.1) is 15.5 Å². The Kier molecular flexibility index (Phi) is 6.68. The number of para-hydroxylation sites is 1. The zero-order valence-electron chi connectivity index (χ0n) is 16.9. The van der Waals surface area contributed by atoms with Crippen molar-refractivity contribution in [2.24, 2.45) is 0 Å². The summed E-state index contributed by atoms with van der Waals surface area (Å²) in [5, 5.41) is 3.25. The number of rotatable bonds is 7. The van der Waals surface area contributed by atoms with Gasteiger partial charge in [-0.2, -0.15) is 0 Å². The fourth-order valence-corrected chi connectivity index (χ4v) is 5.40. The van der Waals surface area contributed by atoms with E-state index in [1.54, 1.807) is 6.07 Å². The van der Waals surface area contributed by atoms with Gasteiger partial charge in [-0.15, -0.1) is 0 Å². The van der Waals surface area contributed by atoms with Crippen LogP contribution >= 0.6 is 0 Å². The van der Waals surface area contributed by atoms with Gasteiger partial charge >= 0.3 is 0 Å². The van der Waals surface area contributed by atoms with Gasteiger partial charge in [0.25, 0.3) is 10.0 Å². The third kappa shape index (κ3) is 4.93. The zero-order valence-corrected chi connectivity index (χ0v) is 18.6. The van der Waals surface area contributed by atoms with E-state index >= 15 is 0 Å². The molecular formula is C20H26FN3O4S2. The fraction of sp³-hybridized carbons (Fsp3) is 0.400. The normalized spacial score (nSPS) is 15.9. The van der Waals surface area contributed by atoms with E-state index in [-0.39, 0.29) is 21.5 Å². The molecule has 7 nitrogen and oxygen atoms in total. The Hall–Kier alpha value is -2.17. The molecule has 0 aromatic heterocycles. The molecule has 164 valence electrons. The van der Waals surface area contributed by atoms with E-state index < -0.39 is 25.9 Å². The van der Waals surface area contributed by atoms with Crippen molar-refractivity contribution in [2.45, 2.75) is 47.9 Å². The van der Waals surface area contributed by atoms with Gasteiger partial charge in [-0.1, -0.05) is 25.3 Å². The van der Waals surface area contributed by atoms with Gasteiger partial charge in [-0.25, -0.2) is 25.5 Å². The molecule has 0 spiro atoms. The summed E-state index contributed by atoms with van der Waals surface area (Å²) in [6, 6.07) is 9.33. The van der Waals surface area contributed by atoms with Crippen molar-refractivity contribution in [3.63, 3.8) is 0 Å². The van der Waals surface area contributed by atoms with Gasteiger partial charge < -0.3 is 5.32 Å². The van der Waals surface area contributed by atoms with Gasteiger partial charge in [0.2, 0.25) is 10.0 Å². The molecule has 1 aliphatic rings. The van der Waals surface area contributed by atoms with Crippen molar-refractivity contribution in [1.82, 2.24) is 4.31 Å². The van der Waals surface area contributed by atoms with Crippen molar-refractivity contribution >= 4 is 31.4 Å². The highest BCUT2D eigenvalue weighted by molar-refractivity contribution is 7.92. The predicted molar refractivity (Wildman–Crippen MR) is 115 cm³/mol. The minimum absolute atomic E-state index is 0.0306. The molecule has 3 rings (SSSR count). The number of hydrogen-bond acceptors (Lipinski definition) is 5. The summed E-state index contributed by atoms with van der Waals surface area (Å²) in [7, 11) is -5.02. The molecule has 10 heteroatoms. The van der Waals surface area contributed by atoms with Crippen LogP contribution in [0.25, 0.3) is 0 Å². The number of hydrogen-bond donors (Lipinski definition) is 2. The molecule has 1 aliphatic carbocycles. The summed E-state index contributed by atoms with van der Waals surface area (Å²) < 4.78 is 67.8. The monoisotopic (exact) mass is 455 g/mol. The average molecular weight is 456 g/mol. The topological polar surface area (TPSA) is 95.6 Å². The van der Waals surface area contributed by atoms with Crippen LogP contribution in [0.1, 0.15) is 32.1 Å². The summed E-state index contributed by atoms with van der Waals surface area (Å²) in [5.41, 5.74) is 0.241. The summed E-state index contributed by atoms with van der Waals surface area (Å²) in [6.07, 6.45) is 5.22. The predicted octanol–water partition coefficient (Wildman–Crippen LogP) is 3.62. The van der Waals surface area contributed by atoms with Gasteiger partial charge in [0.15, 0.2) is 0 Å². The molecule has 0 radical (unpaired) electrons. The van der Waals surface area contributed by atoms with E-state index in [2.05, 4.69) is 10.0 Å². The first-order valence-electron chi connectivity index (χ1n) is 9.72. The molecule has 2 N–H and O–H groups in total. The van der Waals surface area contributed by atoms with E-state index in [4.69, 9.17) is 0 Å². The molecule has 1 saturated carbocycles. The maximum absolute atomic E-state index is 14.5. The second-order valence-electron chi connectivity index (χ2n) is 7.51. The quantitative estimate of drug-likeness (QED) is 0.665. The molecule has 30 heavy (non-hydrogen) atoms. The number of nitrogens with one attached hydrogen (secondary N) is 2. The Balaban J connectivity index is 1.86. The van der Waals surface area contributed by atoms with E-state index in [9.17, 15) is 21.2 Å². The summed E-state index contributed by atoms with van der Waals surface area (Å²) in [6.45, 7) is 0. The van der Waals surface area contributed by atoms with Crippen molar-refractivity contribution in [3.8, 4) is 0 Å². The zero-order chi connectivity index (χ0) is 21.9. The lowest BCUT2D eigenvalue weighted by Crippen LogP contribution is -2.24. The smallest absolute Gasteiger partial charge is 0.262 e. The molecule has 0 aliphatic heterocycles. The van der Waals surface area contributed by atoms with Crippen LogP contribution in [0, 0.1) is 5.82 Å². The highest BCUT2D eigenvalue weighted by atomic mass is 32.2. The first-order valence-corrected chi connectivity index (χ1v) is 12.6. The Labute approximate surface area is 177 Å². The van der Waals surface area contributed by atoms with Crippen LogP contribution in [0.15, 0.2) is 52.3 Å². The summed E-state index contributed by atoms with van der Waals surface area (Å²) in [4.78, 5) is -0.191. The van der Waals surface area contributed by atoms with Gasteiger partial charge in [-0.05, 0) is 49.2 Å². The Morgan fingerprint density at radius 2 is 1.50 bits per heavy atom. The lowest BCUT2D eigenvalue weighted by Gasteiger charge is -2.25. The first-order chi connectivity index (χ1) is 14.1. The Morgan fingerprint density at radius 1 is 0.900 bits per heavy atom. The second kappa shape index (κ2) is 8.91. The van der Waals surface area contributed by atoms with Crippen LogP contribution < -0.4 is 10.0 Å². The number of halogens is 1. The van der Waals surface area contributed by atoms with Crippen LogP contribution in [0.4, 0.5) is 15.8 Å². The molecule has 0 atom stereocenters. The lowest BCUT2D eigenvalue weighted by molar-refractivity contribution is 0.462. The van der Waals surface area contributed by atoms with Gasteiger partial charge in [-0.3, -0.25) is 4.72 Å². The van der Waals surface area contributed by atoms with E-state index in [0.717, 1.165) is 30.0 Å². The van der Waals surface area contributed by atoms with Crippen LogP contribution in [-0.4, -0.2) is 41.3 Å². The molecule has 0 bridgehead atoms. The van der Waals surface area contributed by atoms with Crippen LogP contribution in [0.3, 0.4) is 0 Å². The van der Waals surface area contributed by atoms with Crippen molar-refractivity contribution < 1.29 is 21.2 Å². The van der Waals surface area contributed by atoms with Crippen molar-refractivity contribution in [3.05, 3.63) is 48.3 Å². The number of anilines is 2. The standard InChI is InChI=1S/C20H26FN3O4S2/c1-24(2)30(27,28)17-13-11-16(12-14-17)29(25,26)23-20-18(21)9-6-10-19(20)22-15-7-4-3-5-8-15/h6,9-15,22-23H,3-5,7-8H2,1-2H3. The third-order valence-electron chi connectivity index (χ3n) is 5.13. The summed E-state index contributed by atoms with van der Waals surface area (Å²) >= 11 is 0. The Morgan fingerprint density at radius 3 is 2.10 bits per heavy atom. The van der Waals surface area contributed by atoms with Gasteiger partial charge in [0.1, 0.15) is 11.5 Å². The lowest BCUT2D eigenvalue weighted by atomic mass is 9.95. The minimum atomic E-state index is -4.12. The molecular weight excluding hydrogens is 429 g/mol. The SMILES string of the molecule is CN(C)S(=O)(=O)c1ccc(S(=O)(=O)Nc2c(F)cccc2NC2CCCCC2)cc1. The van der Waals surface area contributed by atoms with E-state index in [1.165, 1.54) is 56.9 Å². The van der Waals surface area contributed by atoms with Crippen molar-refractivity contribution in [2.75, 3.05) is 24.1 Å². The molecule has 0 saturated heterocycles. The number of nitrogens with zero attached hydrogens (tertiary/aromatic N) is 1. The average Bonchev–Trinajstić information content (AvgIpc) is 2.71. The van der Waals surface area contributed by atoms with Crippen LogP contribution in [-0.2, 0) is 20.0 Å². The van der Waals surface area contributed by atoms with Crippen LogP contribution in [0.5, 0.6) is 0 Å². The summed E-state index contributed by atoms with van der Waals surface area (Å²) in [5.74, 6) is -0.689. The molecule has 0 amide bonds. The largest absolute Gasteiger partial charge is 0.381 e. The van der Waals surface area contributed by atoms with Crippen molar-refractivity contribution in [1.29, 1.82) is 0 Å². The number of benzene rings is 2. The van der Waals surface area contributed by atoms with Gasteiger partial charge in [0, 0.05) is 20.1 Å².